The standard InChI is InChI=1S/C17H8F6/c18-15(19)13-11-7-3-1-5-9(11)10-6-2-4-8-12(10)14(13)16(20,21)17(15,22)23/h1-8H. The van der Waals surface area contributed by atoms with Crippen molar-refractivity contribution in [2.45, 2.75) is 17.8 Å². The first kappa shape index (κ1) is 14.4. The Morgan fingerprint density at radius 3 is 1.13 bits per heavy atom. The van der Waals surface area contributed by atoms with E-state index in [1.54, 1.807) is 12.1 Å². The number of benzene rings is 3. The summed E-state index contributed by atoms with van der Waals surface area (Å²) in [5.41, 5.74) is -2.55. The molecule has 1 aliphatic rings. The van der Waals surface area contributed by atoms with E-state index in [-0.39, 0.29) is 21.5 Å². The second kappa shape index (κ2) is 3.99. The van der Waals surface area contributed by atoms with Gasteiger partial charge in [-0.05, 0) is 21.5 Å². The molecule has 0 unspecified atom stereocenters. The Kier molecular flexibility index (Phi) is 2.49. The Morgan fingerprint density at radius 2 is 0.783 bits per heavy atom. The highest BCUT2D eigenvalue weighted by atomic mass is 19.3. The highest BCUT2D eigenvalue weighted by Gasteiger charge is 2.79. The molecule has 0 radical (unpaired) electrons. The zero-order chi connectivity index (χ0) is 16.6. The maximum absolute atomic E-state index is 14.2. The van der Waals surface area contributed by atoms with Crippen LogP contribution in [0.25, 0.3) is 21.5 Å². The van der Waals surface area contributed by atoms with Gasteiger partial charge in [-0.3, -0.25) is 0 Å². The van der Waals surface area contributed by atoms with Crippen LogP contribution in [0, 0.1) is 0 Å². The first-order chi connectivity index (χ1) is 10.7. The summed E-state index contributed by atoms with van der Waals surface area (Å²) in [7, 11) is 0. The second-order valence-electron chi connectivity index (χ2n) is 5.56. The number of hydrogen-bond donors (Lipinski definition) is 0. The Morgan fingerprint density at radius 1 is 0.478 bits per heavy atom. The van der Waals surface area contributed by atoms with Crippen LogP contribution in [0.5, 0.6) is 0 Å². The minimum atomic E-state index is -5.48. The molecule has 6 heteroatoms. The van der Waals surface area contributed by atoms with Crippen molar-refractivity contribution in [2.75, 3.05) is 0 Å². The molecule has 0 nitrogen and oxygen atoms in total. The summed E-state index contributed by atoms with van der Waals surface area (Å²) in [4.78, 5) is 0. The van der Waals surface area contributed by atoms with E-state index >= 15 is 0 Å². The van der Waals surface area contributed by atoms with Gasteiger partial charge in [0.15, 0.2) is 0 Å². The molecule has 0 aromatic heterocycles. The van der Waals surface area contributed by atoms with Crippen molar-refractivity contribution >= 4 is 21.5 Å². The monoisotopic (exact) mass is 326 g/mol. The molecule has 4 rings (SSSR count). The Labute approximate surface area is 126 Å². The van der Waals surface area contributed by atoms with E-state index in [0.717, 1.165) is 0 Å². The maximum atomic E-state index is 14.2. The number of hydrogen-bond acceptors (Lipinski definition) is 0. The first-order valence-corrected chi connectivity index (χ1v) is 6.79. The fraction of sp³-hybridized carbons (Fsp3) is 0.176. The van der Waals surface area contributed by atoms with Crippen LogP contribution < -0.4 is 0 Å². The van der Waals surface area contributed by atoms with E-state index in [1.807, 2.05) is 0 Å². The van der Waals surface area contributed by atoms with E-state index in [9.17, 15) is 26.3 Å². The third-order valence-corrected chi connectivity index (χ3v) is 4.35. The van der Waals surface area contributed by atoms with Gasteiger partial charge >= 0.3 is 17.8 Å². The Balaban J connectivity index is 2.36. The summed E-state index contributed by atoms with van der Waals surface area (Å²) < 4.78 is 84.7. The zero-order valence-electron chi connectivity index (χ0n) is 11.4. The molecule has 0 saturated heterocycles. The van der Waals surface area contributed by atoms with Crippen molar-refractivity contribution in [3.63, 3.8) is 0 Å². The molecule has 0 amide bonds. The lowest BCUT2D eigenvalue weighted by Gasteiger charge is -2.23. The van der Waals surface area contributed by atoms with Gasteiger partial charge in [0.05, 0.1) is 0 Å². The molecular weight excluding hydrogens is 318 g/mol. The van der Waals surface area contributed by atoms with Gasteiger partial charge in [-0.2, -0.15) is 26.3 Å². The molecule has 0 heterocycles. The molecule has 118 valence electrons. The lowest BCUT2D eigenvalue weighted by molar-refractivity contribution is -0.301. The van der Waals surface area contributed by atoms with Crippen molar-refractivity contribution in [3.8, 4) is 0 Å². The van der Waals surface area contributed by atoms with Gasteiger partial charge < -0.3 is 0 Å². The van der Waals surface area contributed by atoms with Gasteiger partial charge in [0.25, 0.3) is 0 Å². The van der Waals surface area contributed by atoms with E-state index in [0.29, 0.717) is 0 Å². The summed E-state index contributed by atoms with van der Waals surface area (Å²) in [6, 6.07) is 11.1. The summed E-state index contributed by atoms with van der Waals surface area (Å²) in [5.74, 6) is -15.4. The van der Waals surface area contributed by atoms with E-state index in [1.165, 1.54) is 36.4 Å². The maximum Gasteiger partial charge on any atom is 0.380 e. The predicted octanol–water partition coefficient (Wildman–Crippen LogP) is 5.83. The minimum absolute atomic E-state index is 0.245. The fourth-order valence-corrected chi connectivity index (χ4v) is 3.30. The fourth-order valence-electron chi connectivity index (χ4n) is 3.30. The molecule has 1 aliphatic carbocycles. The Bertz CT molecular complexity index is 881. The number of halogens is 6. The summed E-state index contributed by atoms with van der Waals surface area (Å²) in [6.45, 7) is 0. The highest BCUT2D eigenvalue weighted by molar-refractivity contribution is 6.11. The SMILES string of the molecule is FC1(F)c2c(c3ccccc3c3ccccc23)C(F)(F)C1(F)F. The van der Waals surface area contributed by atoms with Crippen LogP contribution in [0.1, 0.15) is 11.1 Å². The highest BCUT2D eigenvalue weighted by Crippen LogP contribution is 2.65. The van der Waals surface area contributed by atoms with E-state index in [2.05, 4.69) is 0 Å². The topological polar surface area (TPSA) is 0 Å². The van der Waals surface area contributed by atoms with Crippen LogP contribution in [-0.4, -0.2) is 5.92 Å². The van der Waals surface area contributed by atoms with Crippen molar-refractivity contribution in [3.05, 3.63) is 59.7 Å². The van der Waals surface area contributed by atoms with E-state index < -0.39 is 28.9 Å². The van der Waals surface area contributed by atoms with Gasteiger partial charge in [0, 0.05) is 11.1 Å². The van der Waals surface area contributed by atoms with Crippen molar-refractivity contribution < 1.29 is 26.3 Å². The number of fused-ring (bicyclic) bond motifs is 6. The molecule has 0 N–H and O–H groups in total. The second-order valence-corrected chi connectivity index (χ2v) is 5.56. The molecule has 23 heavy (non-hydrogen) atoms. The number of alkyl halides is 6. The molecule has 0 atom stereocenters. The van der Waals surface area contributed by atoms with Gasteiger partial charge in [0.2, 0.25) is 0 Å². The van der Waals surface area contributed by atoms with Crippen molar-refractivity contribution in [1.29, 1.82) is 0 Å². The number of rotatable bonds is 0. The van der Waals surface area contributed by atoms with Gasteiger partial charge in [-0.1, -0.05) is 48.5 Å². The molecule has 3 aromatic rings. The summed E-state index contributed by atoms with van der Waals surface area (Å²) in [5, 5.41) is -0.0591. The summed E-state index contributed by atoms with van der Waals surface area (Å²) in [6.07, 6.45) is 0. The Hall–Kier alpha value is -2.24. The van der Waals surface area contributed by atoms with Crippen LogP contribution in [0.15, 0.2) is 48.5 Å². The largest absolute Gasteiger partial charge is 0.380 e. The average Bonchev–Trinajstić information content (AvgIpc) is 2.63. The lowest BCUT2D eigenvalue weighted by atomic mass is 9.92. The van der Waals surface area contributed by atoms with Gasteiger partial charge in [-0.25, -0.2) is 0 Å². The predicted molar refractivity (Wildman–Crippen MR) is 74.2 cm³/mol. The lowest BCUT2D eigenvalue weighted by Crippen LogP contribution is -2.43. The van der Waals surface area contributed by atoms with Crippen LogP contribution in [0.4, 0.5) is 26.3 Å². The molecule has 0 spiro atoms. The average molecular weight is 326 g/mol. The summed E-state index contributed by atoms with van der Waals surface area (Å²) >= 11 is 0. The van der Waals surface area contributed by atoms with Gasteiger partial charge in [-0.15, -0.1) is 0 Å². The minimum Gasteiger partial charge on any atom is -0.194 e. The molecule has 0 fully saturated rings. The quantitative estimate of drug-likeness (QED) is 0.360. The first-order valence-electron chi connectivity index (χ1n) is 6.79. The third-order valence-electron chi connectivity index (χ3n) is 4.35. The van der Waals surface area contributed by atoms with Gasteiger partial charge in [0.1, 0.15) is 0 Å². The van der Waals surface area contributed by atoms with Crippen LogP contribution in [0.2, 0.25) is 0 Å². The van der Waals surface area contributed by atoms with E-state index in [4.69, 9.17) is 0 Å². The third kappa shape index (κ3) is 1.44. The van der Waals surface area contributed by atoms with Crippen LogP contribution >= 0.6 is 0 Å². The van der Waals surface area contributed by atoms with Crippen LogP contribution in [-0.2, 0) is 11.8 Å². The molecule has 0 aliphatic heterocycles. The zero-order valence-corrected chi connectivity index (χ0v) is 11.4. The molecule has 3 aromatic carbocycles. The molecular formula is C17H8F6. The molecule has 0 bridgehead atoms. The van der Waals surface area contributed by atoms with Crippen molar-refractivity contribution in [2.24, 2.45) is 0 Å². The molecule has 0 saturated carbocycles. The smallest absolute Gasteiger partial charge is 0.194 e. The normalized spacial score (nSPS) is 20.8. The van der Waals surface area contributed by atoms with Crippen LogP contribution in [0.3, 0.4) is 0 Å². The van der Waals surface area contributed by atoms with Crippen molar-refractivity contribution in [1.82, 2.24) is 0 Å².